The van der Waals surface area contributed by atoms with Gasteiger partial charge >= 0.3 is 5.97 Å². The van der Waals surface area contributed by atoms with Gasteiger partial charge in [-0.2, -0.15) is 5.26 Å². The van der Waals surface area contributed by atoms with E-state index in [-0.39, 0.29) is 11.3 Å². The van der Waals surface area contributed by atoms with Crippen molar-refractivity contribution in [1.82, 2.24) is 0 Å². The molecule has 0 bridgehead atoms. The molecule has 2 rings (SSSR count). The number of benzene rings is 2. The number of nitrogens with two attached hydrogens (primary N) is 1. The molecule has 0 saturated heterocycles. The number of anilines is 1. The smallest absolute Gasteiger partial charge is 0.339 e. The lowest BCUT2D eigenvalue weighted by atomic mass is 10.2. The lowest BCUT2D eigenvalue weighted by molar-refractivity contribution is 0.0694. The van der Waals surface area contributed by atoms with Gasteiger partial charge < -0.3 is 15.6 Å². The van der Waals surface area contributed by atoms with Crippen molar-refractivity contribution in [3.8, 4) is 17.6 Å². The van der Waals surface area contributed by atoms with Gasteiger partial charge in [-0.05, 0) is 30.3 Å². The number of nitrogens with zero attached hydrogens (tertiary/aromatic N) is 1. The van der Waals surface area contributed by atoms with Crippen molar-refractivity contribution in [3.63, 3.8) is 0 Å². The van der Waals surface area contributed by atoms with E-state index in [9.17, 15) is 4.79 Å². The van der Waals surface area contributed by atoms with Gasteiger partial charge in [0.2, 0.25) is 0 Å². The molecule has 0 aromatic heterocycles. The Morgan fingerprint density at radius 3 is 2.74 bits per heavy atom. The normalized spacial score (nSPS) is 9.63. The Morgan fingerprint density at radius 2 is 2.05 bits per heavy atom. The largest absolute Gasteiger partial charge is 0.478 e. The van der Waals surface area contributed by atoms with Crippen LogP contribution < -0.4 is 10.5 Å². The standard InChI is InChI=1S/C14H10N2O3/c15-8-9-2-1-3-11(6-9)19-13-7-10(16)4-5-12(13)14(17)18/h1-7H,16H2,(H,17,18). The van der Waals surface area contributed by atoms with Crippen LogP contribution >= 0.6 is 0 Å². The Labute approximate surface area is 109 Å². The molecule has 94 valence electrons. The first-order chi connectivity index (χ1) is 9.10. The maximum Gasteiger partial charge on any atom is 0.339 e. The van der Waals surface area contributed by atoms with Gasteiger partial charge in [0.05, 0.1) is 11.6 Å². The fourth-order valence-corrected chi connectivity index (χ4v) is 1.56. The summed E-state index contributed by atoms with van der Waals surface area (Å²) in [5, 5.41) is 17.9. The van der Waals surface area contributed by atoms with Gasteiger partial charge in [-0.15, -0.1) is 0 Å². The maximum atomic E-state index is 11.1. The third-order valence-corrected chi connectivity index (χ3v) is 2.43. The van der Waals surface area contributed by atoms with Crippen LogP contribution in [-0.2, 0) is 0 Å². The molecule has 0 aliphatic heterocycles. The average Bonchev–Trinajstić information content (AvgIpc) is 2.38. The fraction of sp³-hybridized carbons (Fsp3) is 0. The second kappa shape index (κ2) is 5.10. The van der Waals surface area contributed by atoms with E-state index in [4.69, 9.17) is 20.8 Å². The molecule has 0 amide bonds. The van der Waals surface area contributed by atoms with Gasteiger partial charge in [-0.25, -0.2) is 4.79 Å². The first-order valence-corrected chi connectivity index (χ1v) is 5.41. The number of carbonyl (C=O) groups is 1. The Hall–Kier alpha value is -3.00. The topological polar surface area (TPSA) is 96.3 Å². The Morgan fingerprint density at radius 1 is 1.26 bits per heavy atom. The maximum absolute atomic E-state index is 11.1. The van der Waals surface area contributed by atoms with Crippen LogP contribution in [-0.4, -0.2) is 11.1 Å². The zero-order valence-corrected chi connectivity index (χ0v) is 9.83. The summed E-state index contributed by atoms with van der Waals surface area (Å²) in [5.74, 6) is -0.582. The number of aromatic carboxylic acids is 1. The van der Waals surface area contributed by atoms with Gasteiger partial charge in [-0.1, -0.05) is 6.07 Å². The highest BCUT2D eigenvalue weighted by Crippen LogP contribution is 2.28. The van der Waals surface area contributed by atoms with Crippen LogP contribution in [0.2, 0.25) is 0 Å². The fourth-order valence-electron chi connectivity index (χ4n) is 1.56. The van der Waals surface area contributed by atoms with Crippen molar-refractivity contribution in [2.24, 2.45) is 0 Å². The van der Waals surface area contributed by atoms with Gasteiger partial charge in [0, 0.05) is 11.8 Å². The molecule has 2 aromatic carbocycles. The van der Waals surface area contributed by atoms with Gasteiger partial charge in [0.25, 0.3) is 0 Å². The molecule has 0 radical (unpaired) electrons. The predicted molar refractivity (Wildman–Crippen MR) is 69.0 cm³/mol. The number of ether oxygens (including phenoxy) is 1. The molecular formula is C14H10N2O3. The summed E-state index contributed by atoms with van der Waals surface area (Å²) in [4.78, 5) is 11.1. The van der Waals surface area contributed by atoms with Crippen molar-refractivity contribution in [2.75, 3.05) is 5.73 Å². The second-order valence-corrected chi connectivity index (χ2v) is 3.80. The van der Waals surface area contributed by atoms with E-state index in [1.807, 2.05) is 6.07 Å². The molecule has 0 atom stereocenters. The Balaban J connectivity index is 2.40. The molecule has 5 heteroatoms. The van der Waals surface area contributed by atoms with Crippen LogP contribution in [0.25, 0.3) is 0 Å². The van der Waals surface area contributed by atoms with Gasteiger partial charge in [0.15, 0.2) is 0 Å². The van der Waals surface area contributed by atoms with E-state index in [0.717, 1.165) is 0 Å². The number of nitriles is 1. The second-order valence-electron chi connectivity index (χ2n) is 3.80. The SMILES string of the molecule is N#Cc1cccc(Oc2cc(N)ccc2C(=O)O)c1. The predicted octanol–water partition coefficient (Wildman–Crippen LogP) is 2.63. The molecule has 3 N–H and O–H groups in total. The van der Waals surface area contributed by atoms with Gasteiger partial charge in [-0.3, -0.25) is 0 Å². The minimum absolute atomic E-state index is 0.0107. The number of carboxylic acid groups (broad SMARTS) is 1. The monoisotopic (exact) mass is 254 g/mol. The number of nitrogen functional groups attached to an aromatic ring is 1. The summed E-state index contributed by atoms with van der Waals surface area (Å²) in [6, 6.07) is 12.7. The summed E-state index contributed by atoms with van der Waals surface area (Å²) in [5.41, 5.74) is 6.45. The number of rotatable bonds is 3. The van der Waals surface area contributed by atoms with Crippen molar-refractivity contribution in [3.05, 3.63) is 53.6 Å². The van der Waals surface area contributed by atoms with E-state index in [1.54, 1.807) is 18.2 Å². The lowest BCUT2D eigenvalue weighted by Crippen LogP contribution is -2.01. The molecule has 5 nitrogen and oxygen atoms in total. The highest BCUT2D eigenvalue weighted by Gasteiger charge is 2.12. The van der Waals surface area contributed by atoms with E-state index in [2.05, 4.69) is 0 Å². The zero-order chi connectivity index (χ0) is 13.8. The highest BCUT2D eigenvalue weighted by molar-refractivity contribution is 5.91. The van der Waals surface area contributed by atoms with Crippen LogP contribution in [0.3, 0.4) is 0 Å². The Bertz CT molecular complexity index is 675. The van der Waals surface area contributed by atoms with Crippen molar-refractivity contribution < 1.29 is 14.6 Å². The lowest BCUT2D eigenvalue weighted by Gasteiger charge is -2.09. The molecule has 0 spiro atoms. The molecule has 0 heterocycles. The summed E-state index contributed by atoms with van der Waals surface area (Å²) in [6.07, 6.45) is 0. The Kier molecular flexibility index (Phi) is 3.35. The summed E-state index contributed by atoms with van der Waals surface area (Å²) in [6.45, 7) is 0. The third kappa shape index (κ3) is 2.82. The third-order valence-electron chi connectivity index (χ3n) is 2.43. The van der Waals surface area contributed by atoms with E-state index < -0.39 is 5.97 Å². The first kappa shape index (κ1) is 12.5. The molecule has 0 aliphatic rings. The van der Waals surface area contributed by atoms with Crippen molar-refractivity contribution in [1.29, 1.82) is 5.26 Å². The summed E-state index contributed by atoms with van der Waals surface area (Å²) in [7, 11) is 0. The zero-order valence-electron chi connectivity index (χ0n) is 9.83. The van der Waals surface area contributed by atoms with Gasteiger partial charge in [0.1, 0.15) is 17.1 Å². The molecular weight excluding hydrogens is 244 g/mol. The minimum atomic E-state index is -1.11. The molecule has 2 aromatic rings. The number of hydrogen-bond donors (Lipinski definition) is 2. The van der Waals surface area contributed by atoms with Crippen LogP contribution in [0.5, 0.6) is 11.5 Å². The summed E-state index contributed by atoms with van der Waals surface area (Å²) < 4.78 is 5.48. The molecule has 0 aliphatic carbocycles. The van der Waals surface area contributed by atoms with Crippen LogP contribution in [0, 0.1) is 11.3 Å². The average molecular weight is 254 g/mol. The highest BCUT2D eigenvalue weighted by atomic mass is 16.5. The molecule has 19 heavy (non-hydrogen) atoms. The number of carboxylic acids is 1. The van der Waals surface area contributed by atoms with Crippen LogP contribution in [0.15, 0.2) is 42.5 Å². The number of hydrogen-bond acceptors (Lipinski definition) is 4. The van der Waals surface area contributed by atoms with E-state index in [0.29, 0.717) is 17.0 Å². The quantitative estimate of drug-likeness (QED) is 0.820. The van der Waals surface area contributed by atoms with Crippen molar-refractivity contribution in [2.45, 2.75) is 0 Å². The van der Waals surface area contributed by atoms with Crippen molar-refractivity contribution >= 4 is 11.7 Å². The van der Waals surface area contributed by atoms with Crippen LogP contribution in [0.4, 0.5) is 5.69 Å². The molecule has 0 saturated carbocycles. The minimum Gasteiger partial charge on any atom is -0.478 e. The van der Waals surface area contributed by atoms with Crippen LogP contribution in [0.1, 0.15) is 15.9 Å². The van der Waals surface area contributed by atoms with E-state index in [1.165, 1.54) is 24.3 Å². The molecule has 0 fully saturated rings. The summed E-state index contributed by atoms with van der Waals surface area (Å²) >= 11 is 0. The molecule has 0 unspecified atom stereocenters. The van der Waals surface area contributed by atoms with E-state index >= 15 is 0 Å². The first-order valence-electron chi connectivity index (χ1n) is 5.41.